The van der Waals surface area contributed by atoms with Crippen LogP contribution in [0, 0.1) is 0 Å². The van der Waals surface area contributed by atoms with Gasteiger partial charge in [0.15, 0.2) is 0 Å². The van der Waals surface area contributed by atoms with Gasteiger partial charge in [-0.1, -0.05) is 103 Å². The highest BCUT2D eigenvalue weighted by molar-refractivity contribution is 5.65. The van der Waals surface area contributed by atoms with Crippen LogP contribution in [0.2, 0.25) is 0 Å². The lowest BCUT2D eigenvalue weighted by atomic mass is 9.69. The Labute approximate surface area is 252 Å². The lowest BCUT2D eigenvalue weighted by Crippen LogP contribution is -2.27. The molecule has 0 saturated carbocycles. The molecule has 2 heterocycles. The Balaban J connectivity index is 1.18. The number of epoxide rings is 2. The summed E-state index contributed by atoms with van der Waals surface area (Å²) >= 11 is 0. The molecule has 8 rings (SSSR count). The third-order valence-corrected chi connectivity index (χ3v) is 9.10. The summed E-state index contributed by atoms with van der Waals surface area (Å²) in [6.07, 6.45) is 1.39. The van der Waals surface area contributed by atoms with E-state index in [2.05, 4.69) is 127 Å². The van der Waals surface area contributed by atoms with Crippen molar-refractivity contribution < 1.29 is 18.9 Å². The van der Waals surface area contributed by atoms with Crippen molar-refractivity contribution in [2.75, 3.05) is 26.4 Å². The summed E-state index contributed by atoms with van der Waals surface area (Å²) in [5.74, 6) is 2.01. The summed E-state index contributed by atoms with van der Waals surface area (Å²) in [5.41, 5.74) is 8.75. The summed E-state index contributed by atoms with van der Waals surface area (Å²) in [4.78, 5) is 0. The van der Waals surface area contributed by atoms with Gasteiger partial charge >= 0.3 is 0 Å². The Morgan fingerprint density at radius 2 is 1.07 bits per heavy atom. The van der Waals surface area contributed by atoms with E-state index in [4.69, 9.17) is 18.9 Å². The molecule has 2 fully saturated rings. The zero-order valence-corrected chi connectivity index (χ0v) is 24.0. The van der Waals surface area contributed by atoms with Crippen molar-refractivity contribution in [3.05, 3.63) is 155 Å². The first kappa shape index (κ1) is 26.3. The zero-order valence-electron chi connectivity index (χ0n) is 24.0. The maximum Gasteiger partial charge on any atom is 0.119 e. The molecule has 2 aliphatic heterocycles. The number of hydrogen-bond acceptors (Lipinski definition) is 4. The number of rotatable bonds is 10. The van der Waals surface area contributed by atoms with Crippen LogP contribution in [0.3, 0.4) is 0 Å². The smallest absolute Gasteiger partial charge is 0.119 e. The minimum atomic E-state index is -0.324. The maximum absolute atomic E-state index is 6.01. The Morgan fingerprint density at radius 1 is 0.558 bits per heavy atom. The van der Waals surface area contributed by atoms with Crippen molar-refractivity contribution in [3.8, 4) is 22.6 Å². The summed E-state index contributed by atoms with van der Waals surface area (Å²) < 4.78 is 22.7. The maximum atomic E-state index is 6.01. The number of ether oxygens (including phenoxy) is 4. The standard InChI is InChI=1S/C39H34O4/c1-2-6-27(7-3-1)28-10-12-29(13-11-28)37-22-39(38-9-5-4-8-36(37)38,30-14-18-32(19-15-30)40-23-34-25-42-34)31-16-20-33(21-17-31)41-24-35-26-43-35/h1-21,34-35,37H,22-26H2. The summed E-state index contributed by atoms with van der Waals surface area (Å²) in [5, 5.41) is 0. The zero-order chi connectivity index (χ0) is 28.6. The molecule has 4 heteroatoms. The van der Waals surface area contributed by atoms with Crippen molar-refractivity contribution in [1.82, 2.24) is 0 Å². The fourth-order valence-corrected chi connectivity index (χ4v) is 6.64. The molecule has 43 heavy (non-hydrogen) atoms. The van der Waals surface area contributed by atoms with Crippen molar-refractivity contribution in [3.63, 3.8) is 0 Å². The number of hydrogen-bond donors (Lipinski definition) is 0. The lowest BCUT2D eigenvalue weighted by Gasteiger charge is -2.33. The second-order valence-corrected chi connectivity index (χ2v) is 11.8. The molecule has 0 amide bonds. The van der Waals surface area contributed by atoms with E-state index in [0.717, 1.165) is 31.1 Å². The van der Waals surface area contributed by atoms with Crippen LogP contribution in [0.15, 0.2) is 127 Å². The molecule has 0 radical (unpaired) electrons. The molecule has 5 aromatic carbocycles. The van der Waals surface area contributed by atoms with Gasteiger partial charge in [0.2, 0.25) is 0 Å². The third kappa shape index (κ3) is 5.22. The summed E-state index contributed by atoms with van der Waals surface area (Å²) in [6.45, 7) is 2.78. The fourth-order valence-electron chi connectivity index (χ4n) is 6.64. The Bertz CT molecular complexity index is 1630. The quantitative estimate of drug-likeness (QED) is 0.162. The van der Waals surface area contributed by atoms with Gasteiger partial charge in [0, 0.05) is 11.3 Å². The van der Waals surface area contributed by atoms with Crippen LogP contribution in [0.25, 0.3) is 11.1 Å². The van der Waals surface area contributed by atoms with Gasteiger partial charge in [-0.25, -0.2) is 0 Å². The topological polar surface area (TPSA) is 43.5 Å². The van der Waals surface area contributed by atoms with Gasteiger partial charge in [0.1, 0.15) is 36.9 Å². The van der Waals surface area contributed by atoms with Crippen molar-refractivity contribution >= 4 is 0 Å². The molecule has 214 valence electrons. The van der Waals surface area contributed by atoms with Crippen LogP contribution in [-0.2, 0) is 14.9 Å². The minimum absolute atomic E-state index is 0.231. The molecule has 0 N–H and O–H groups in total. The van der Waals surface area contributed by atoms with Crippen LogP contribution in [0.1, 0.15) is 40.2 Å². The van der Waals surface area contributed by atoms with Crippen LogP contribution in [-0.4, -0.2) is 38.6 Å². The average Bonchev–Trinajstić information content (AvgIpc) is 4.02. The van der Waals surface area contributed by atoms with Gasteiger partial charge in [-0.15, -0.1) is 0 Å². The van der Waals surface area contributed by atoms with Crippen molar-refractivity contribution in [2.45, 2.75) is 30.0 Å². The molecule has 0 aromatic heterocycles. The van der Waals surface area contributed by atoms with E-state index in [-0.39, 0.29) is 23.5 Å². The third-order valence-electron chi connectivity index (χ3n) is 9.10. The van der Waals surface area contributed by atoms with Crippen LogP contribution >= 0.6 is 0 Å². The summed E-state index contributed by atoms with van der Waals surface area (Å²) in [6, 6.07) is 46.1. The Morgan fingerprint density at radius 3 is 1.63 bits per heavy atom. The normalized spacial score (nSPS) is 23.4. The molecule has 3 unspecified atom stereocenters. The second kappa shape index (κ2) is 11.0. The van der Waals surface area contributed by atoms with Crippen molar-refractivity contribution in [1.29, 1.82) is 0 Å². The predicted octanol–water partition coefficient (Wildman–Crippen LogP) is 7.78. The molecule has 0 bridgehead atoms. The first-order chi connectivity index (χ1) is 21.3. The van der Waals surface area contributed by atoms with E-state index in [9.17, 15) is 0 Å². The van der Waals surface area contributed by atoms with Crippen molar-refractivity contribution in [2.24, 2.45) is 0 Å². The lowest BCUT2D eigenvalue weighted by molar-refractivity contribution is 0.263. The SMILES string of the molecule is c1ccc(-c2ccc(C3CC(c4ccc(OCC5CO5)cc4)(c4ccc(OCC5CO5)cc4)c4ccccc43)cc2)cc1. The molecule has 1 aliphatic carbocycles. The number of fused-ring (bicyclic) bond motifs is 1. The largest absolute Gasteiger partial charge is 0.491 e. The molecular weight excluding hydrogens is 532 g/mol. The first-order valence-corrected chi connectivity index (χ1v) is 15.2. The average molecular weight is 567 g/mol. The second-order valence-electron chi connectivity index (χ2n) is 11.8. The van der Waals surface area contributed by atoms with E-state index >= 15 is 0 Å². The predicted molar refractivity (Wildman–Crippen MR) is 168 cm³/mol. The van der Waals surface area contributed by atoms with Gasteiger partial charge in [-0.05, 0) is 69.6 Å². The van der Waals surface area contributed by atoms with E-state index < -0.39 is 0 Å². The van der Waals surface area contributed by atoms with E-state index in [1.54, 1.807) is 0 Å². The molecule has 0 spiro atoms. The van der Waals surface area contributed by atoms with Crippen LogP contribution < -0.4 is 9.47 Å². The Hall–Kier alpha value is -4.38. The minimum Gasteiger partial charge on any atom is -0.491 e. The van der Waals surface area contributed by atoms with Gasteiger partial charge in [0.25, 0.3) is 0 Å². The highest BCUT2D eigenvalue weighted by Gasteiger charge is 2.46. The first-order valence-electron chi connectivity index (χ1n) is 15.2. The molecule has 2 saturated heterocycles. The monoisotopic (exact) mass is 566 g/mol. The molecule has 4 nitrogen and oxygen atoms in total. The Kier molecular flexibility index (Phi) is 6.74. The van der Waals surface area contributed by atoms with Gasteiger partial charge < -0.3 is 18.9 Å². The molecular formula is C39H34O4. The molecule has 5 aromatic rings. The van der Waals surface area contributed by atoms with Gasteiger partial charge in [-0.3, -0.25) is 0 Å². The molecule has 3 atom stereocenters. The summed E-state index contributed by atoms with van der Waals surface area (Å²) in [7, 11) is 0. The van der Waals surface area contributed by atoms with Gasteiger partial charge in [0.05, 0.1) is 13.2 Å². The fraction of sp³-hybridized carbons (Fsp3) is 0.231. The van der Waals surface area contributed by atoms with E-state index in [0.29, 0.717) is 13.2 Å². The highest BCUT2D eigenvalue weighted by atomic mass is 16.6. The van der Waals surface area contributed by atoms with Crippen LogP contribution in [0.4, 0.5) is 0 Å². The van der Waals surface area contributed by atoms with E-state index in [1.165, 1.54) is 38.9 Å². The highest BCUT2D eigenvalue weighted by Crippen LogP contribution is 2.56. The van der Waals surface area contributed by atoms with E-state index in [1.807, 2.05) is 0 Å². The number of benzene rings is 5. The van der Waals surface area contributed by atoms with Crippen LogP contribution in [0.5, 0.6) is 11.5 Å². The van der Waals surface area contributed by atoms with Gasteiger partial charge in [-0.2, -0.15) is 0 Å². The molecule has 3 aliphatic rings.